The number of benzene rings is 2. The lowest BCUT2D eigenvalue weighted by atomic mass is 9.78. The molecule has 1 saturated heterocycles. The Kier molecular flexibility index (Phi) is 4.52. The summed E-state index contributed by atoms with van der Waals surface area (Å²) in [7, 11) is -0.831. The third-order valence-electron chi connectivity index (χ3n) is 4.86. The van der Waals surface area contributed by atoms with Gasteiger partial charge in [-0.2, -0.15) is 4.39 Å². The molecule has 3 rings (SSSR count). The van der Waals surface area contributed by atoms with Crippen molar-refractivity contribution in [1.29, 1.82) is 0 Å². The topological polar surface area (TPSA) is 47.9 Å². The summed E-state index contributed by atoms with van der Waals surface area (Å²) >= 11 is 0. The largest absolute Gasteiger partial charge is 0.505 e. The zero-order valence-electron chi connectivity index (χ0n) is 14.9. The molecule has 0 radical (unpaired) electrons. The normalized spacial score (nSPS) is 18.4. The predicted molar refractivity (Wildman–Crippen MR) is 94.6 cm³/mol. The van der Waals surface area contributed by atoms with Gasteiger partial charge in [-0.25, -0.2) is 0 Å². The zero-order valence-corrected chi connectivity index (χ0v) is 14.9. The van der Waals surface area contributed by atoms with E-state index in [1.54, 1.807) is 6.07 Å². The van der Waals surface area contributed by atoms with Crippen LogP contribution in [0.15, 0.2) is 42.5 Å². The number of halogens is 1. The molecule has 1 heterocycles. The van der Waals surface area contributed by atoms with E-state index in [4.69, 9.17) is 14.0 Å². The molecule has 0 aromatic heterocycles. The first-order valence-electron chi connectivity index (χ1n) is 8.25. The smallest absolute Gasteiger partial charge is 0.498 e. The van der Waals surface area contributed by atoms with E-state index in [9.17, 15) is 9.50 Å². The van der Waals surface area contributed by atoms with Gasteiger partial charge in [-0.3, -0.25) is 0 Å². The van der Waals surface area contributed by atoms with Crippen LogP contribution in [0.1, 0.15) is 33.3 Å². The lowest BCUT2D eigenvalue weighted by Crippen LogP contribution is -2.41. The number of hydrogen-bond acceptors (Lipinski definition) is 4. The van der Waals surface area contributed by atoms with Crippen LogP contribution < -0.4 is 10.2 Å². The predicted octanol–water partition coefficient (Wildman–Crippen LogP) is 3.41. The molecule has 0 saturated carbocycles. The van der Waals surface area contributed by atoms with E-state index in [1.807, 2.05) is 58.0 Å². The highest BCUT2D eigenvalue weighted by molar-refractivity contribution is 6.63. The first-order chi connectivity index (χ1) is 11.7. The van der Waals surface area contributed by atoms with E-state index in [2.05, 4.69) is 0 Å². The van der Waals surface area contributed by atoms with Crippen LogP contribution in [0, 0.1) is 5.82 Å². The first kappa shape index (κ1) is 17.8. The third-order valence-corrected chi connectivity index (χ3v) is 4.86. The number of ether oxygens (including phenoxy) is 1. The van der Waals surface area contributed by atoms with Gasteiger partial charge in [0.2, 0.25) is 5.82 Å². The summed E-state index contributed by atoms with van der Waals surface area (Å²) in [5.74, 6) is -1.34. The molecule has 1 aliphatic rings. The molecule has 0 atom stereocenters. The third kappa shape index (κ3) is 3.37. The van der Waals surface area contributed by atoms with Crippen LogP contribution in [0.5, 0.6) is 11.5 Å². The Morgan fingerprint density at radius 1 is 1.00 bits per heavy atom. The minimum absolute atomic E-state index is 0.0124. The number of phenols is 1. The Morgan fingerprint density at radius 2 is 1.60 bits per heavy atom. The summed E-state index contributed by atoms with van der Waals surface area (Å²) in [6.45, 7) is 7.82. The monoisotopic (exact) mass is 344 g/mol. The molecule has 0 spiro atoms. The van der Waals surface area contributed by atoms with E-state index >= 15 is 0 Å². The fraction of sp³-hybridized carbons (Fsp3) is 0.368. The van der Waals surface area contributed by atoms with Gasteiger partial charge in [-0.15, -0.1) is 0 Å². The van der Waals surface area contributed by atoms with E-state index in [1.165, 1.54) is 6.07 Å². The first-order valence-corrected chi connectivity index (χ1v) is 8.25. The number of phenolic OH excluding ortho intramolecular Hbond substituents is 1. The number of aromatic hydroxyl groups is 1. The fourth-order valence-corrected chi connectivity index (χ4v) is 2.57. The highest BCUT2D eigenvalue weighted by atomic mass is 19.1. The van der Waals surface area contributed by atoms with Crippen molar-refractivity contribution in [3.63, 3.8) is 0 Å². The van der Waals surface area contributed by atoms with Crippen LogP contribution in [0.25, 0.3) is 0 Å². The fourth-order valence-electron chi connectivity index (χ4n) is 2.57. The average Bonchev–Trinajstić information content (AvgIpc) is 2.77. The summed E-state index contributed by atoms with van der Waals surface area (Å²) in [6.07, 6.45) is 0. The van der Waals surface area contributed by atoms with Crippen molar-refractivity contribution in [2.24, 2.45) is 0 Å². The van der Waals surface area contributed by atoms with Gasteiger partial charge in [0.15, 0.2) is 11.5 Å². The summed E-state index contributed by atoms with van der Waals surface area (Å²) in [4.78, 5) is 0. The molecule has 1 aliphatic heterocycles. The molecule has 1 N–H and O–H groups in total. The van der Waals surface area contributed by atoms with Gasteiger partial charge in [0.05, 0.1) is 11.2 Å². The zero-order chi connectivity index (χ0) is 18.2. The van der Waals surface area contributed by atoms with Crippen molar-refractivity contribution in [1.82, 2.24) is 0 Å². The molecule has 0 unspecified atom stereocenters. The highest BCUT2D eigenvalue weighted by Gasteiger charge is 2.52. The van der Waals surface area contributed by atoms with Crippen LogP contribution in [0.4, 0.5) is 4.39 Å². The molecule has 132 valence electrons. The second kappa shape index (κ2) is 6.35. The summed E-state index contributed by atoms with van der Waals surface area (Å²) in [5, 5.41) is 10.3. The maximum absolute atomic E-state index is 14.5. The van der Waals surface area contributed by atoms with Crippen molar-refractivity contribution in [3.05, 3.63) is 53.8 Å². The molecule has 0 aliphatic carbocycles. The van der Waals surface area contributed by atoms with Crippen LogP contribution >= 0.6 is 0 Å². The van der Waals surface area contributed by atoms with Gasteiger partial charge in [-0.1, -0.05) is 36.4 Å². The van der Waals surface area contributed by atoms with Crippen molar-refractivity contribution in [3.8, 4) is 11.5 Å². The van der Waals surface area contributed by atoms with Crippen molar-refractivity contribution >= 4 is 12.6 Å². The quantitative estimate of drug-likeness (QED) is 0.864. The van der Waals surface area contributed by atoms with Crippen molar-refractivity contribution in [2.45, 2.75) is 45.5 Å². The maximum Gasteiger partial charge on any atom is 0.498 e. The lowest BCUT2D eigenvalue weighted by molar-refractivity contribution is 0.00578. The standard InChI is InChI=1S/C19H22BFO4/c1-18(2)19(3,4)25-20(24-18)14-10-11-15(16(21)17(14)22)23-12-13-8-6-5-7-9-13/h5-11,22H,12H2,1-4H3. The second-order valence-electron chi connectivity index (χ2n) is 7.18. The maximum atomic E-state index is 14.5. The highest BCUT2D eigenvalue weighted by Crippen LogP contribution is 2.38. The Balaban J connectivity index is 1.79. The Labute approximate surface area is 147 Å². The average molecular weight is 344 g/mol. The number of hydrogen-bond donors (Lipinski definition) is 1. The molecule has 0 amide bonds. The molecule has 2 aromatic rings. The minimum atomic E-state index is -0.831. The summed E-state index contributed by atoms with van der Waals surface area (Å²) in [6, 6.07) is 12.5. The van der Waals surface area contributed by atoms with Gasteiger partial charge in [0.25, 0.3) is 0 Å². The van der Waals surface area contributed by atoms with E-state index < -0.39 is 29.9 Å². The Morgan fingerprint density at radius 3 is 2.20 bits per heavy atom. The van der Waals surface area contributed by atoms with E-state index in [0.717, 1.165) is 5.56 Å². The molecule has 4 nitrogen and oxygen atoms in total. The minimum Gasteiger partial charge on any atom is -0.505 e. The van der Waals surface area contributed by atoms with Gasteiger partial charge >= 0.3 is 7.12 Å². The van der Waals surface area contributed by atoms with Crippen LogP contribution in [0.2, 0.25) is 0 Å². The molecule has 25 heavy (non-hydrogen) atoms. The van der Waals surface area contributed by atoms with E-state index in [-0.39, 0.29) is 17.8 Å². The van der Waals surface area contributed by atoms with Crippen molar-refractivity contribution in [2.75, 3.05) is 0 Å². The van der Waals surface area contributed by atoms with E-state index in [0.29, 0.717) is 0 Å². The van der Waals surface area contributed by atoms with Crippen LogP contribution in [-0.4, -0.2) is 23.4 Å². The molecule has 0 bridgehead atoms. The van der Waals surface area contributed by atoms with Gasteiger partial charge < -0.3 is 19.2 Å². The van der Waals surface area contributed by atoms with Gasteiger partial charge in [0.1, 0.15) is 6.61 Å². The summed E-state index contributed by atoms with van der Waals surface area (Å²) in [5.41, 5.74) is 0.0335. The van der Waals surface area contributed by atoms with Crippen LogP contribution in [0.3, 0.4) is 0 Å². The lowest BCUT2D eigenvalue weighted by Gasteiger charge is -2.32. The molecular formula is C19H22BFO4. The second-order valence-corrected chi connectivity index (χ2v) is 7.18. The molecule has 1 fully saturated rings. The Hall–Kier alpha value is -2.05. The van der Waals surface area contributed by atoms with Crippen LogP contribution in [-0.2, 0) is 15.9 Å². The molecular weight excluding hydrogens is 322 g/mol. The summed E-state index contributed by atoms with van der Waals surface area (Å²) < 4.78 is 31.7. The van der Waals surface area contributed by atoms with Gasteiger partial charge in [0, 0.05) is 5.46 Å². The molecule has 2 aromatic carbocycles. The SMILES string of the molecule is CC1(C)OB(c2ccc(OCc3ccccc3)c(F)c2O)OC1(C)C. The number of rotatable bonds is 4. The van der Waals surface area contributed by atoms with Gasteiger partial charge in [-0.05, 0) is 39.3 Å². The molecule has 6 heteroatoms. The van der Waals surface area contributed by atoms with Crippen molar-refractivity contribution < 1.29 is 23.5 Å². The Bertz CT molecular complexity index is 746.